The maximum atomic E-state index is 13.0. The Morgan fingerprint density at radius 1 is 1.17 bits per heavy atom. The van der Waals surface area contributed by atoms with Crippen LogP contribution in [0.1, 0.15) is 26.5 Å². The SMILES string of the molecule is Cc1nc(NC(=O)c2ccc(Cl)cc2)sc1Cc1ccc(F)cc1. The molecule has 3 nitrogen and oxygen atoms in total. The zero-order valence-corrected chi connectivity index (χ0v) is 14.4. The largest absolute Gasteiger partial charge is 0.298 e. The predicted molar refractivity (Wildman–Crippen MR) is 95.5 cm³/mol. The lowest BCUT2D eigenvalue weighted by molar-refractivity contribution is 0.102. The van der Waals surface area contributed by atoms with Gasteiger partial charge in [-0.1, -0.05) is 23.7 Å². The van der Waals surface area contributed by atoms with Gasteiger partial charge in [0, 0.05) is 21.9 Å². The number of anilines is 1. The zero-order chi connectivity index (χ0) is 17.1. The molecular formula is C18H14ClFN2OS. The summed E-state index contributed by atoms with van der Waals surface area (Å²) in [5.74, 6) is -0.482. The Hall–Kier alpha value is -2.24. The van der Waals surface area contributed by atoms with Crippen LogP contribution >= 0.6 is 22.9 Å². The fourth-order valence-corrected chi connectivity index (χ4v) is 3.32. The van der Waals surface area contributed by atoms with Gasteiger partial charge < -0.3 is 0 Å². The molecule has 1 aromatic heterocycles. The standard InChI is InChI=1S/C18H14ClFN2OS/c1-11-16(10-12-2-8-15(20)9-3-12)24-18(21-11)22-17(23)13-4-6-14(19)7-5-13/h2-9H,10H2,1H3,(H,21,22,23). The van der Waals surface area contributed by atoms with Gasteiger partial charge in [0.05, 0.1) is 5.69 Å². The third-order valence-electron chi connectivity index (χ3n) is 3.50. The van der Waals surface area contributed by atoms with Gasteiger partial charge >= 0.3 is 0 Å². The van der Waals surface area contributed by atoms with Crippen molar-refractivity contribution in [2.45, 2.75) is 13.3 Å². The minimum atomic E-state index is -0.254. The fraction of sp³-hybridized carbons (Fsp3) is 0.111. The fourth-order valence-electron chi connectivity index (χ4n) is 2.20. The van der Waals surface area contributed by atoms with Crippen molar-refractivity contribution in [2.24, 2.45) is 0 Å². The Bertz CT molecular complexity index is 860. The van der Waals surface area contributed by atoms with Crippen LogP contribution in [0.2, 0.25) is 5.02 Å². The van der Waals surface area contributed by atoms with E-state index in [2.05, 4.69) is 10.3 Å². The summed E-state index contributed by atoms with van der Waals surface area (Å²) in [6, 6.07) is 13.0. The Morgan fingerprint density at radius 3 is 2.50 bits per heavy atom. The lowest BCUT2D eigenvalue weighted by Gasteiger charge is -2.01. The number of nitrogens with zero attached hydrogens (tertiary/aromatic N) is 1. The molecule has 0 aliphatic rings. The molecule has 0 aliphatic carbocycles. The second-order valence-corrected chi connectivity index (χ2v) is 6.81. The quantitative estimate of drug-likeness (QED) is 0.704. The van der Waals surface area contributed by atoms with E-state index >= 15 is 0 Å². The summed E-state index contributed by atoms with van der Waals surface area (Å²) in [5, 5.41) is 3.93. The molecule has 0 aliphatic heterocycles. The van der Waals surface area contributed by atoms with Crippen LogP contribution in [0.3, 0.4) is 0 Å². The van der Waals surface area contributed by atoms with Gasteiger partial charge in [0.15, 0.2) is 5.13 Å². The number of aromatic nitrogens is 1. The van der Waals surface area contributed by atoms with Crippen LogP contribution in [-0.4, -0.2) is 10.9 Å². The van der Waals surface area contributed by atoms with Crippen LogP contribution in [0.25, 0.3) is 0 Å². The van der Waals surface area contributed by atoms with Gasteiger partial charge in [-0.15, -0.1) is 11.3 Å². The lowest BCUT2D eigenvalue weighted by Crippen LogP contribution is -2.11. The highest BCUT2D eigenvalue weighted by molar-refractivity contribution is 7.15. The molecule has 6 heteroatoms. The van der Waals surface area contributed by atoms with E-state index in [1.54, 1.807) is 36.4 Å². The third-order valence-corrected chi connectivity index (χ3v) is 4.82. The van der Waals surface area contributed by atoms with Crippen LogP contribution in [0.5, 0.6) is 0 Å². The van der Waals surface area contributed by atoms with Crippen molar-refractivity contribution < 1.29 is 9.18 Å². The normalized spacial score (nSPS) is 10.6. The van der Waals surface area contributed by atoms with E-state index < -0.39 is 0 Å². The number of benzene rings is 2. The first-order chi connectivity index (χ1) is 11.5. The number of aryl methyl sites for hydroxylation is 1. The van der Waals surface area contributed by atoms with Crippen molar-refractivity contribution in [1.82, 2.24) is 4.98 Å². The highest BCUT2D eigenvalue weighted by Crippen LogP contribution is 2.26. The van der Waals surface area contributed by atoms with E-state index in [1.807, 2.05) is 6.92 Å². The molecule has 3 rings (SSSR count). The third kappa shape index (κ3) is 3.99. The second kappa shape index (κ2) is 7.11. The van der Waals surface area contributed by atoms with E-state index in [4.69, 9.17) is 11.6 Å². The average Bonchev–Trinajstić information content (AvgIpc) is 2.89. The Morgan fingerprint density at radius 2 is 1.83 bits per heavy atom. The van der Waals surface area contributed by atoms with E-state index in [1.165, 1.54) is 23.5 Å². The van der Waals surface area contributed by atoms with Gasteiger partial charge in [-0.05, 0) is 48.9 Å². The van der Waals surface area contributed by atoms with Crippen molar-refractivity contribution in [1.29, 1.82) is 0 Å². The summed E-state index contributed by atoms with van der Waals surface area (Å²) in [7, 11) is 0. The highest BCUT2D eigenvalue weighted by atomic mass is 35.5. The average molecular weight is 361 g/mol. The summed E-state index contributed by atoms with van der Waals surface area (Å²) < 4.78 is 13.0. The number of hydrogen-bond acceptors (Lipinski definition) is 3. The molecule has 2 aromatic carbocycles. The molecule has 0 atom stereocenters. The van der Waals surface area contributed by atoms with E-state index in [0.29, 0.717) is 22.1 Å². The number of nitrogens with one attached hydrogen (secondary N) is 1. The number of amides is 1. The van der Waals surface area contributed by atoms with Crippen LogP contribution < -0.4 is 5.32 Å². The molecule has 3 aromatic rings. The topological polar surface area (TPSA) is 42.0 Å². The molecule has 0 bridgehead atoms. The summed E-state index contributed by atoms with van der Waals surface area (Å²) in [6.07, 6.45) is 0.653. The van der Waals surface area contributed by atoms with E-state index in [0.717, 1.165) is 16.1 Å². The van der Waals surface area contributed by atoms with Gasteiger partial charge in [0.1, 0.15) is 5.82 Å². The molecule has 122 valence electrons. The maximum Gasteiger partial charge on any atom is 0.257 e. The van der Waals surface area contributed by atoms with Gasteiger partial charge in [0.25, 0.3) is 5.91 Å². The van der Waals surface area contributed by atoms with Gasteiger partial charge in [0.2, 0.25) is 0 Å². The van der Waals surface area contributed by atoms with E-state index in [-0.39, 0.29) is 11.7 Å². The number of thiazole rings is 1. The predicted octanol–water partition coefficient (Wildman–Crippen LogP) is 5.09. The molecule has 1 heterocycles. The number of carbonyl (C=O) groups excluding carboxylic acids is 1. The Balaban J connectivity index is 1.72. The van der Waals surface area contributed by atoms with Crippen molar-refractivity contribution in [3.8, 4) is 0 Å². The molecule has 0 unspecified atom stereocenters. The van der Waals surface area contributed by atoms with Crippen LogP contribution in [0, 0.1) is 12.7 Å². The summed E-state index contributed by atoms with van der Waals surface area (Å²) in [6.45, 7) is 1.90. The molecule has 1 N–H and O–H groups in total. The lowest BCUT2D eigenvalue weighted by atomic mass is 10.1. The molecule has 0 spiro atoms. The first-order valence-electron chi connectivity index (χ1n) is 7.29. The highest BCUT2D eigenvalue weighted by Gasteiger charge is 2.12. The van der Waals surface area contributed by atoms with Crippen molar-refractivity contribution in [3.05, 3.63) is 81.1 Å². The molecule has 0 fully saturated rings. The van der Waals surface area contributed by atoms with Crippen LogP contribution in [0.15, 0.2) is 48.5 Å². The Kier molecular flexibility index (Phi) is 4.92. The monoisotopic (exact) mass is 360 g/mol. The van der Waals surface area contributed by atoms with Gasteiger partial charge in [-0.25, -0.2) is 9.37 Å². The number of carbonyl (C=O) groups is 1. The first-order valence-corrected chi connectivity index (χ1v) is 8.48. The number of halogens is 2. The molecule has 24 heavy (non-hydrogen) atoms. The van der Waals surface area contributed by atoms with Crippen LogP contribution in [-0.2, 0) is 6.42 Å². The smallest absolute Gasteiger partial charge is 0.257 e. The summed E-state index contributed by atoms with van der Waals surface area (Å²) in [4.78, 5) is 17.6. The van der Waals surface area contributed by atoms with E-state index in [9.17, 15) is 9.18 Å². The van der Waals surface area contributed by atoms with Gasteiger partial charge in [-0.3, -0.25) is 10.1 Å². The number of rotatable bonds is 4. The second-order valence-electron chi connectivity index (χ2n) is 5.29. The minimum absolute atomic E-state index is 0.228. The molecule has 0 saturated carbocycles. The number of hydrogen-bond donors (Lipinski definition) is 1. The summed E-state index contributed by atoms with van der Waals surface area (Å²) in [5.41, 5.74) is 2.38. The van der Waals surface area contributed by atoms with Crippen molar-refractivity contribution in [2.75, 3.05) is 5.32 Å². The Labute approximate surface area is 148 Å². The van der Waals surface area contributed by atoms with Crippen molar-refractivity contribution >= 4 is 34.0 Å². The van der Waals surface area contributed by atoms with Gasteiger partial charge in [-0.2, -0.15) is 0 Å². The minimum Gasteiger partial charge on any atom is -0.298 e. The first kappa shape index (κ1) is 16.6. The molecule has 0 radical (unpaired) electrons. The molecule has 1 amide bonds. The maximum absolute atomic E-state index is 13.0. The van der Waals surface area contributed by atoms with Crippen molar-refractivity contribution in [3.63, 3.8) is 0 Å². The molecule has 0 saturated heterocycles. The zero-order valence-electron chi connectivity index (χ0n) is 12.8. The molecular weight excluding hydrogens is 347 g/mol. The summed E-state index contributed by atoms with van der Waals surface area (Å²) >= 11 is 7.24. The van der Waals surface area contributed by atoms with Crippen LogP contribution in [0.4, 0.5) is 9.52 Å².